The molecule has 0 spiro atoms. The molecule has 3 rings (SSSR count). The smallest absolute Gasteiger partial charge is 0.293 e. The number of carbonyl (C=O) groups excluding carboxylic acids is 2. The maximum Gasteiger partial charge on any atom is 0.293 e. The molecule has 0 N–H and O–H groups in total. The maximum atomic E-state index is 12.7. The molecular weight excluding hydrogens is 526 g/mol. The lowest BCUT2D eigenvalue weighted by molar-refractivity contribution is -0.123. The van der Waals surface area contributed by atoms with Gasteiger partial charge in [0, 0.05) is 10.0 Å². The van der Waals surface area contributed by atoms with Gasteiger partial charge in [0.05, 0.1) is 30.1 Å². The predicted octanol–water partition coefficient (Wildman–Crippen LogP) is 5.34. The van der Waals surface area contributed by atoms with Gasteiger partial charge in [-0.05, 0) is 58.0 Å². The second kappa shape index (κ2) is 9.69. The number of nitrogens with zero attached hydrogens (tertiary/aromatic N) is 1. The van der Waals surface area contributed by atoms with E-state index in [2.05, 4.69) is 31.9 Å². The molecule has 1 aliphatic rings. The number of thioether (sulfide) groups is 1. The molecular formula is C20H17Br2NO5S. The quantitative estimate of drug-likeness (QED) is 0.440. The van der Waals surface area contributed by atoms with E-state index in [1.807, 2.05) is 24.3 Å². The van der Waals surface area contributed by atoms with Gasteiger partial charge in [0.1, 0.15) is 12.4 Å². The van der Waals surface area contributed by atoms with Crippen molar-refractivity contribution in [2.75, 3.05) is 27.4 Å². The van der Waals surface area contributed by atoms with E-state index in [1.165, 1.54) is 4.90 Å². The van der Waals surface area contributed by atoms with Crippen LogP contribution in [0.2, 0.25) is 0 Å². The number of benzene rings is 2. The van der Waals surface area contributed by atoms with E-state index < -0.39 is 0 Å². The lowest BCUT2D eigenvalue weighted by Crippen LogP contribution is -2.32. The molecule has 1 fully saturated rings. The van der Waals surface area contributed by atoms with E-state index in [9.17, 15) is 9.59 Å². The fourth-order valence-corrected chi connectivity index (χ4v) is 5.00. The molecule has 2 amide bonds. The van der Waals surface area contributed by atoms with Gasteiger partial charge in [-0.1, -0.05) is 28.1 Å². The minimum Gasteiger partial charge on any atom is -0.495 e. The highest BCUT2D eigenvalue weighted by molar-refractivity contribution is 9.11. The summed E-state index contributed by atoms with van der Waals surface area (Å²) in [5.41, 5.74) is 0.685. The molecule has 152 valence electrons. The van der Waals surface area contributed by atoms with Gasteiger partial charge in [-0.15, -0.1) is 0 Å². The molecule has 2 aromatic rings. The topological polar surface area (TPSA) is 65.1 Å². The van der Waals surface area contributed by atoms with Crippen LogP contribution in [-0.2, 0) is 4.79 Å². The Morgan fingerprint density at radius 2 is 1.79 bits per heavy atom. The monoisotopic (exact) mass is 541 g/mol. The molecule has 6 nitrogen and oxygen atoms in total. The van der Waals surface area contributed by atoms with Crippen LogP contribution in [0.5, 0.6) is 17.2 Å². The number of methoxy groups -OCH3 is 2. The first-order valence-corrected chi connectivity index (χ1v) is 10.9. The summed E-state index contributed by atoms with van der Waals surface area (Å²) < 4.78 is 17.9. The van der Waals surface area contributed by atoms with Gasteiger partial charge in [-0.2, -0.15) is 0 Å². The van der Waals surface area contributed by atoms with Crippen LogP contribution in [0, 0.1) is 0 Å². The summed E-state index contributed by atoms with van der Waals surface area (Å²) in [7, 11) is 3.10. The lowest BCUT2D eigenvalue weighted by Gasteiger charge is -2.14. The number of imide groups is 1. The summed E-state index contributed by atoms with van der Waals surface area (Å²) in [6, 6.07) is 10.9. The van der Waals surface area contributed by atoms with Crippen molar-refractivity contribution in [1.29, 1.82) is 0 Å². The van der Waals surface area contributed by atoms with E-state index >= 15 is 0 Å². The van der Waals surface area contributed by atoms with Crippen molar-refractivity contribution in [3.63, 3.8) is 0 Å². The molecule has 0 aromatic heterocycles. The predicted molar refractivity (Wildman–Crippen MR) is 120 cm³/mol. The Kier molecular flexibility index (Phi) is 7.26. The first kappa shape index (κ1) is 21.7. The Morgan fingerprint density at radius 1 is 1.07 bits per heavy atom. The van der Waals surface area contributed by atoms with Gasteiger partial charge in [-0.3, -0.25) is 14.5 Å². The maximum absolute atomic E-state index is 12.7. The summed E-state index contributed by atoms with van der Waals surface area (Å²) in [6.45, 7) is 0.302. The number of hydrogen-bond donors (Lipinski definition) is 0. The van der Waals surface area contributed by atoms with Crippen LogP contribution in [0.3, 0.4) is 0 Å². The average molecular weight is 543 g/mol. The van der Waals surface area contributed by atoms with Crippen molar-refractivity contribution in [3.05, 3.63) is 55.8 Å². The zero-order valence-electron chi connectivity index (χ0n) is 15.6. The Balaban J connectivity index is 1.72. The summed E-state index contributed by atoms with van der Waals surface area (Å²) in [4.78, 5) is 26.6. The molecule has 0 radical (unpaired) electrons. The van der Waals surface area contributed by atoms with E-state index in [0.717, 1.165) is 20.7 Å². The number of ether oxygens (including phenoxy) is 3. The van der Waals surface area contributed by atoms with E-state index in [-0.39, 0.29) is 24.3 Å². The molecule has 9 heteroatoms. The zero-order valence-corrected chi connectivity index (χ0v) is 19.6. The molecule has 0 bridgehead atoms. The molecule has 1 saturated heterocycles. The Morgan fingerprint density at radius 3 is 2.48 bits per heavy atom. The number of carbonyl (C=O) groups is 2. The number of amides is 2. The average Bonchev–Trinajstić information content (AvgIpc) is 2.95. The number of rotatable bonds is 7. The van der Waals surface area contributed by atoms with Crippen LogP contribution in [0.4, 0.5) is 4.79 Å². The minimum absolute atomic E-state index is 0.138. The highest BCUT2D eigenvalue weighted by atomic mass is 79.9. The van der Waals surface area contributed by atoms with Gasteiger partial charge in [-0.25, -0.2) is 0 Å². The molecule has 0 saturated carbocycles. The molecule has 0 aliphatic carbocycles. The van der Waals surface area contributed by atoms with Gasteiger partial charge in [0.2, 0.25) is 0 Å². The molecule has 1 heterocycles. The van der Waals surface area contributed by atoms with Crippen molar-refractivity contribution in [1.82, 2.24) is 4.90 Å². The first-order valence-electron chi connectivity index (χ1n) is 8.48. The van der Waals surface area contributed by atoms with Crippen LogP contribution in [0.1, 0.15) is 5.56 Å². The van der Waals surface area contributed by atoms with Crippen LogP contribution in [0.15, 0.2) is 50.2 Å². The van der Waals surface area contributed by atoms with Gasteiger partial charge < -0.3 is 14.2 Å². The number of halogens is 2. The van der Waals surface area contributed by atoms with Gasteiger partial charge in [0.25, 0.3) is 11.1 Å². The first-order chi connectivity index (χ1) is 13.9. The third-order valence-corrected chi connectivity index (χ3v) is 6.00. The van der Waals surface area contributed by atoms with E-state index in [0.29, 0.717) is 27.7 Å². The molecule has 0 unspecified atom stereocenters. The van der Waals surface area contributed by atoms with E-state index in [1.54, 1.807) is 32.4 Å². The van der Waals surface area contributed by atoms with Crippen molar-refractivity contribution in [2.24, 2.45) is 0 Å². The highest BCUT2D eigenvalue weighted by Gasteiger charge is 2.35. The second-order valence-corrected chi connectivity index (χ2v) is 8.61. The minimum atomic E-state index is -0.359. The van der Waals surface area contributed by atoms with Gasteiger partial charge in [0.15, 0.2) is 11.5 Å². The molecule has 1 aliphatic heterocycles. The van der Waals surface area contributed by atoms with Crippen molar-refractivity contribution >= 4 is 60.8 Å². The van der Waals surface area contributed by atoms with Crippen LogP contribution >= 0.6 is 43.6 Å². The highest BCUT2D eigenvalue weighted by Crippen LogP contribution is 2.38. The van der Waals surface area contributed by atoms with Crippen molar-refractivity contribution in [3.8, 4) is 17.2 Å². The van der Waals surface area contributed by atoms with Crippen molar-refractivity contribution in [2.45, 2.75) is 0 Å². The lowest BCUT2D eigenvalue weighted by atomic mass is 10.2. The van der Waals surface area contributed by atoms with Crippen LogP contribution in [0.25, 0.3) is 6.08 Å². The largest absolute Gasteiger partial charge is 0.495 e. The third-order valence-electron chi connectivity index (χ3n) is 4.04. The normalized spacial score (nSPS) is 15.2. The van der Waals surface area contributed by atoms with Crippen LogP contribution in [-0.4, -0.2) is 43.4 Å². The summed E-state index contributed by atoms with van der Waals surface area (Å²) in [5, 5.41) is -0.335. The molecule has 0 atom stereocenters. The number of hydrogen-bond acceptors (Lipinski definition) is 6. The fraction of sp³-hybridized carbons (Fsp3) is 0.200. The SMILES string of the molecule is COc1ccccc1OCCN1C(=O)S/C(=C\c2cc(Br)cc(Br)c2OC)C1=O. The fourth-order valence-electron chi connectivity index (χ4n) is 2.72. The van der Waals surface area contributed by atoms with Crippen molar-refractivity contribution < 1.29 is 23.8 Å². The second-order valence-electron chi connectivity index (χ2n) is 5.84. The van der Waals surface area contributed by atoms with E-state index in [4.69, 9.17) is 14.2 Å². The van der Waals surface area contributed by atoms with Gasteiger partial charge >= 0.3 is 0 Å². The Labute approximate surface area is 189 Å². The molecule has 29 heavy (non-hydrogen) atoms. The summed E-state index contributed by atoms with van der Waals surface area (Å²) in [5.74, 6) is 1.37. The number of para-hydroxylation sites is 2. The Hall–Kier alpha value is -1.97. The summed E-state index contributed by atoms with van der Waals surface area (Å²) in [6.07, 6.45) is 1.65. The Bertz CT molecular complexity index is 979. The van der Waals surface area contributed by atoms with Crippen LogP contribution < -0.4 is 14.2 Å². The summed E-state index contributed by atoms with van der Waals surface area (Å²) >= 11 is 7.75. The zero-order chi connectivity index (χ0) is 21.0. The molecule has 2 aromatic carbocycles. The standard InChI is InChI=1S/C20H17Br2NO5S/c1-26-15-5-3-4-6-16(15)28-8-7-23-19(24)17(29-20(23)25)10-12-9-13(21)11-14(22)18(12)27-2/h3-6,9-11H,7-8H2,1-2H3/b17-10-. The third kappa shape index (κ3) is 4.96.